The van der Waals surface area contributed by atoms with Crippen molar-refractivity contribution in [2.75, 3.05) is 18.5 Å². The van der Waals surface area contributed by atoms with Gasteiger partial charge < -0.3 is 10.5 Å². The number of carbonyl (C=O) groups excluding carboxylic acids is 1. The van der Waals surface area contributed by atoms with E-state index in [1.54, 1.807) is 0 Å². The molecule has 6 nitrogen and oxygen atoms in total. The summed E-state index contributed by atoms with van der Waals surface area (Å²) in [5.41, 5.74) is 5.86. The second-order valence-electron chi connectivity index (χ2n) is 4.76. The van der Waals surface area contributed by atoms with E-state index in [1.165, 1.54) is 0 Å². The van der Waals surface area contributed by atoms with Crippen LogP contribution in [-0.2, 0) is 16.0 Å². The number of carbonyl (C=O) groups is 1. The molecule has 0 radical (unpaired) electrons. The third-order valence-electron chi connectivity index (χ3n) is 3.13. The number of nitrogens with zero attached hydrogens (tertiary/aromatic N) is 2. The van der Waals surface area contributed by atoms with Gasteiger partial charge in [-0.15, -0.1) is 10.2 Å². The zero-order chi connectivity index (χ0) is 15.5. The van der Waals surface area contributed by atoms with Gasteiger partial charge in [-0.1, -0.05) is 11.3 Å². The smallest absolute Gasteiger partial charge is 0.381 e. The molecule has 0 aromatic carbocycles. The van der Waals surface area contributed by atoms with Crippen molar-refractivity contribution in [3.05, 3.63) is 5.01 Å². The molecule has 0 aliphatic carbocycles. The van der Waals surface area contributed by atoms with Crippen molar-refractivity contribution in [2.24, 2.45) is 11.7 Å². The van der Waals surface area contributed by atoms with E-state index < -0.39 is 24.5 Å². The third-order valence-corrected chi connectivity index (χ3v) is 3.96. The molecule has 1 atom stereocenters. The second-order valence-corrected chi connectivity index (χ2v) is 5.82. The normalized spacial score (nSPS) is 18.5. The minimum Gasteiger partial charge on any atom is -0.381 e. The van der Waals surface area contributed by atoms with Crippen molar-refractivity contribution < 1.29 is 22.7 Å². The van der Waals surface area contributed by atoms with E-state index in [0.717, 1.165) is 0 Å². The standard InChI is InChI=1S/C11H15F3N4O2S/c12-11(13,14)5-7-17-18-10(21-7)16-9(19)8(15)6-1-3-20-4-2-6/h6,8H,1-5,15H2,(H,16,18,19). The SMILES string of the molecule is NC(C(=O)Nc1nnc(CC(F)(F)F)s1)C1CCOCC1. The highest BCUT2D eigenvalue weighted by Gasteiger charge is 2.31. The van der Waals surface area contributed by atoms with Gasteiger partial charge in [0.25, 0.3) is 0 Å². The highest BCUT2D eigenvalue weighted by molar-refractivity contribution is 7.15. The van der Waals surface area contributed by atoms with E-state index in [4.69, 9.17) is 10.5 Å². The lowest BCUT2D eigenvalue weighted by atomic mass is 9.92. The van der Waals surface area contributed by atoms with Crippen LogP contribution in [-0.4, -0.2) is 41.5 Å². The van der Waals surface area contributed by atoms with Crippen LogP contribution in [0.25, 0.3) is 0 Å². The molecule has 1 fully saturated rings. The Hall–Kier alpha value is -1.26. The molecule has 1 amide bonds. The maximum absolute atomic E-state index is 12.2. The van der Waals surface area contributed by atoms with E-state index >= 15 is 0 Å². The summed E-state index contributed by atoms with van der Waals surface area (Å²) in [6, 6.07) is -0.733. The molecule has 1 aromatic rings. The zero-order valence-corrected chi connectivity index (χ0v) is 11.8. The van der Waals surface area contributed by atoms with Gasteiger partial charge in [0.05, 0.1) is 12.5 Å². The highest BCUT2D eigenvalue weighted by Crippen LogP contribution is 2.25. The topological polar surface area (TPSA) is 90.1 Å². The van der Waals surface area contributed by atoms with Crippen molar-refractivity contribution in [1.29, 1.82) is 0 Å². The van der Waals surface area contributed by atoms with E-state index in [9.17, 15) is 18.0 Å². The van der Waals surface area contributed by atoms with Crippen LogP contribution < -0.4 is 11.1 Å². The minimum atomic E-state index is -4.35. The first-order chi connectivity index (χ1) is 9.85. The molecule has 118 valence electrons. The molecule has 2 heterocycles. The fraction of sp³-hybridized carbons (Fsp3) is 0.727. The fourth-order valence-electron chi connectivity index (χ4n) is 2.02. The molecule has 2 rings (SSSR count). The minimum absolute atomic E-state index is 0.00122. The number of hydrogen-bond donors (Lipinski definition) is 2. The summed E-state index contributed by atoms with van der Waals surface area (Å²) < 4.78 is 41.8. The van der Waals surface area contributed by atoms with Crippen LogP contribution in [0.2, 0.25) is 0 Å². The number of ether oxygens (including phenoxy) is 1. The van der Waals surface area contributed by atoms with Crippen molar-refractivity contribution in [2.45, 2.75) is 31.5 Å². The van der Waals surface area contributed by atoms with Gasteiger partial charge in [0, 0.05) is 13.2 Å². The summed E-state index contributed by atoms with van der Waals surface area (Å²) in [4.78, 5) is 11.9. The Bertz CT molecular complexity index is 488. The van der Waals surface area contributed by atoms with Gasteiger partial charge in [-0.05, 0) is 18.8 Å². The molecular weight excluding hydrogens is 309 g/mol. The molecule has 1 aliphatic heterocycles. The number of nitrogens with one attached hydrogen (secondary N) is 1. The van der Waals surface area contributed by atoms with Crippen molar-refractivity contribution in [3.63, 3.8) is 0 Å². The molecule has 10 heteroatoms. The third kappa shape index (κ3) is 4.90. The Kier molecular flexibility index (Phi) is 5.12. The monoisotopic (exact) mass is 324 g/mol. The quantitative estimate of drug-likeness (QED) is 0.872. The van der Waals surface area contributed by atoms with Crippen LogP contribution in [0.5, 0.6) is 0 Å². The average molecular weight is 324 g/mol. The van der Waals surface area contributed by atoms with Gasteiger partial charge in [-0.3, -0.25) is 10.1 Å². The molecule has 3 N–H and O–H groups in total. The Morgan fingerprint density at radius 2 is 2.10 bits per heavy atom. The number of rotatable bonds is 4. The van der Waals surface area contributed by atoms with Crippen molar-refractivity contribution in [3.8, 4) is 0 Å². The first kappa shape index (κ1) is 16.1. The van der Waals surface area contributed by atoms with Gasteiger partial charge in [0.15, 0.2) is 0 Å². The Morgan fingerprint density at radius 3 is 2.71 bits per heavy atom. The van der Waals surface area contributed by atoms with Crippen LogP contribution >= 0.6 is 11.3 Å². The molecule has 0 saturated carbocycles. The average Bonchev–Trinajstić information content (AvgIpc) is 2.83. The summed E-state index contributed by atoms with van der Waals surface area (Å²) >= 11 is 0.698. The summed E-state index contributed by atoms with van der Waals surface area (Å²) in [7, 11) is 0. The van der Waals surface area contributed by atoms with Gasteiger partial charge >= 0.3 is 6.18 Å². The fourth-order valence-corrected chi connectivity index (χ4v) is 2.80. The van der Waals surface area contributed by atoms with Crippen LogP contribution in [0.1, 0.15) is 17.8 Å². The maximum Gasteiger partial charge on any atom is 0.395 e. The lowest BCUT2D eigenvalue weighted by molar-refractivity contribution is -0.127. The van der Waals surface area contributed by atoms with Gasteiger partial charge in [-0.2, -0.15) is 13.2 Å². The number of aromatic nitrogens is 2. The van der Waals surface area contributed by atoms with Gasteiger partial charge in [-0.25, -0.2) is 0 Å². The molecule has 0 spiro atoms. The summed E-state index contributed by atoms with van der Waals surface area (Å²) in [5, 5.41) is 9.17. The van der Waals surface area contributed by atoms with Crippen LogP contribution in [0, 0.1) is 5.92 Å². The van der Waals surface area contributed by atoms with E-state index in [1.807, 2.05) is 0 Å². The molecule has 1 saturated heterocycles. The molecule has 21 heavy (non-hydrogen) atoms. The van der Waals surface area contributed by atoms with Crippen molar-refractivity contribution >= 4 is 22.4 Å². The Morgan fingerprint density at radius 1 is 1.43 bits per heavy atom. The molecular formula is C11H15F3N4O2S. The number of anilines is 1. The summed E-state index contributed by atoms with van der Waals surface area (Å²) in [6.07, 6.45) is -4.14. The van der Waals surface area contributed by atoms with Crippen molar-refractivity contribution in [1.82, 2.24) is 10.2 Å². The maximum atomic E-state index is 12.2. The molecule has 0 bridgehead atoms. The summed E-state index contributed by atoms with van der Waals surface area (Å²) in [6.45, 7) is 1.11. The Balaban J connectivity index is 1.90. The number of halogens is 3. The zero-order valence-electron chi connectivity index (χ0n) is 11.0. The van der Waals surface area contributed by atoms with Crippen LogP contribution in [0.3, 0.4) is 0 Å². The highest BCUT2D eigenvalue weighted by atomic mass is 32.1. The lowest BCUT2D eigenvalue weighted by Crippen LogP contribution is -2.43. The van der Waals surface area contributed by atoms with Crippen LogP contribution in [0.4, 0.5) is 18.3 Å². The van der Waals surface area contributed by atoms with E-state index in [0.29, 0.717) is 37.4 Å². The van der Waals surface area contributed by atoms with E-state index in [-0.39, 0.29) is 16.1 Å². The number of alkyl halides is 3. The molecule has 1 aliphatic rings. The number of hydrogen-bond acceptors (Lipinski definition) is 6. The predicted octanol–water partition coefficient (Wildman–Crippen LogP) is 1.34. The summed E-state index contributed by atoms with van der Waals surface area (Å²) in [5.74, 6) is -0.460. The number of nitrogens with two attached hydrogens (primary N) is 1. The van der Waals surface area contributed by atoms with Gasteiger partial charge in [0.1, 0.15) is 5.01 Å². The number of amides is 1. The van der Waals surface area contributed by atoms with Crippen LogP contribution in [0.15, 0.2) is 0 Å². The molecule has 1 aromatic heterocycles. The second kappa shape index (κ2) is 6.67. The predicted molar refractivity (Wildman–Crippen MR) is 69.8 cm³/mol. The largest absolute Gasteiger partial charge is 0.395 e. The Labute approximate surface area is 122 Å². The molecule has 1 unspecified atom stereocenters. The van der Waals surface area contributed by atoms with E-state index in [2.05, 4.69) is 15.5 Å². The first-order valence-electron chi connectivity index (χ1n) is 6.38. The first-order valence-corrected chi connectivity index (χ1v) is 7.20. The lowest BCUT2D eigenvalue weighted by Gasteiger charge is -2.26. The van der Waals surface area contributed by atoms with Gasteiger partial charge in [0.2, 0.25) is 11.0 Å².